The highest BCUT2D eigenvalue weighted by atomic mass is 35.5. The van der Waals surface area contributed by atoms with Crippen molar-refractivity contribution in [3.05, 3.63) is 58.3 Å². The third kappa shape index (κ3) is 4.12. The van der Waals surface area contributed by atoms with Crippen molar-refractivity contribution in [3.63, 3.8) is 0 Å². The molecule has 1 heterocycles. The minimum absolute atomic E-state index is 0.250. The van der Waals surface area contributed by atoms with Crippen LogP contribution in [0.25, 0.3) is 0 Å². The molecule has 0 saturated carbocycles. The van der Waals surface area contributed by atoms with Crippen LogP contribution in [0.4, 0.5) is 10.5 Å². The molecule has 0 radical (unpaired) electrons. The van der Waals surface area contributed by atoms with Gasteiger partial charge in [0.15, 0.2) is 5.15 Å². The van der Waals surface area contributed by atoms with Crippen molar-refractivity contribution in [1.82, 2.24) is 10.3 Å². The van der Waals surface area contributed by atoms with Gasteiger partial charge in [0.1, 0.15) is 0 Å². The van der Waals surface area contributed by atoms with Crippen LogP contribution in [0.1, 0.15) is 5.56 Å². The van der Waals surface area contributed by atoms with Crippen molar-refractivity contribution in [2.45, 2.75) is 6.54 Å². The van der Waals surface area contributed by atoms with Gasteiger partial charge in [0.05, 0.1) is 5.69 Å². The standard InChI is InChI=1S/C13H11Cl2N3O/c14-10-4-1-3-9(7-10)8-17-13(19)18-11-5-2-6-16-12(11)15/h1-7H,8H2,(H2,17,18,19). The molecule has 0 bridgehead atoms. The number of amides is 2. The summed E-state index contributed by atoms with van der Waals surface area (Å²) in [6.45, 7) is 0.379. The molecule has 4 nitrogen and oxygen atoms in total. The van der Waals surface area contributed by atoms with E-state index in [9.17, 15) is 4.79 Å². The van der Waals surface area contributed by atoms with Crippen molar-refractivity contribution in [2.24, 2.45) is 0 Å². The summed E-state index contributed by atoms with van der Waals surface area (Å²) in [5.41, 5.74) is 1.38. The average molecular weight is 296 g/mol. The summed E-state index contributed by atoms with van der Waals surface area (Å²) in [5, 5.41) is 6.21. The fraction of sp³-hybridized carbons (Fsp3) is 0.0769. The van der Waals surface area contributed by atoms with Crippen molar-refractivity contribution < 1.29 is 4.79 Å². The van der Waals surface area contributed by atoms with E-state index in [2.05, 4.69) is 15.6 Å². The monoisotopic (exact) mass is 295 g/mol. The topological polar surface area (TPSA) is 54.0 Å². The van der Waals surface area contributed by atoms with Crippen LogP contribution in [0.15, 0.2) is 42.6 Å². The smallest absolute Gasteiger partial charge is 0.319 e. The van der Waals surface area contributed by atoms with Crippen molar-refractivity contribution in [3.8, 4) is 0 Å². The lowest BCUT2D eigenvalue weighted by atomic mass is 10.2. The van der Waals surface area contributed by atoms with E-state index >= 15 is 0 Å². The van der Waals surface area contributed by atoms with Gasteiger partial charge in [-0.05, 0) is 29.8 Å². The molecule has 1 aromatic carbocycles. The van der Waals surface area contributed by atoms with Gasteiger partial charge in [-0.3, -0.25) is 0 Å². The summed E-state index contributed by atoms with van der Waals surface area (Å²) in [6.07, 6.45) is 1.55. The molecule has 0 fully saturated rings. The predicted molar refractivity (Wildman–Crippen MR) is 76.6 cm³/mol. The predicted octanol–water partition coefficient (Wildman–Crippen LogP) is 3.71. The second kappa shape index (κ2) is 6.41. The number of hydrogen-bond acceptors (Lipinski definition) is 2. The molecule has 2 N–H and O–H groups in total. The van der Waals surface area contributed by atoms with Crippen LogP contribution < -0.4 is 10.6 Å². The van der Waals surface area contributed by atoms with Gasteiger partial charge in [-0.15, -0.1) is 0 Å². The Morgan fingerprint density at radius 2 is 2.05 bits per heavy atom. The van der Waals surface area contributed by atoms with Gasteiger partial charge in [0.25, 0.3) is 0 Å². The fourth-order valence-corrected chi connectivity index (χ4v) is 1.85. The maximum absolute atomic E-state index is 11.7. The van der Waals surface area contributed by atoms with E-state index in [0.29, 0.717) is 17.3 Å². The van der Waals surface area contributed by atoms with E-state index in [-0.39, 0.29) is 11.2 Å². The highest BCUT2D eigenvalue weighted by Crippen LogP contribution is 2.17. The molecular weight excluding hydrogens is 285 g/mol. The Morgan fingerprint density at radius 3 is 2.79 bits per heavy atom. The highest BCUT2D eigenvalue weighted by molar-refractivity contribution is 6.32. The first kappa shape index (κ1) is 13.6. The van der Waals surface area contributed by atoms with Gasteiger partial charge in [-0.1, -0.05) is 35.3 Å². The molecule has 19 heavy (non-hydrogen) atoms. The molecule has 2 rings (SSSR count). The van der Waals surface area contributed by atoms with E-state index in [4.69, 9.17) is 23.2 Å². The third-order valence-electron chi connectivity index (χ3n) is 2.35. The van der Waals surface area contributed by atoms with E-state index in [0.717, 1.165) is 5.56 Å². The number of urea groups is 1. The van der Waals surface area contributed by atoms with Crippen molar-refractivity contribution in [2.75, 3.05) is 5.32 Å². The normalized spacial score (nSPS) is 10.0. The minimum atomic E-state index is -0.352. The Bertz CT molecular complexity index is 590. The molecule has 2 amide bonds. The summed E-state index contributed by atoms with van der Waals surface area (Å²) in [4.78, 5) is 15.5. The Balaban J connectivity index is 1.90. The van der Waals surface area contributed by atoms with Crippen molar-refractivity contribution in [1.29, 1.82) is 0 Å². The Hall–Kier alpha value is -1.78. The van der Waals surface area contributed by atoms with Crippen LogP contribution in [0.3, 0.4) is 0 Å². The molecule has 0 aliphatic rings. The van der Waals surface area contributed by atoms with E-state index < -0.39 is 0 Å². The van der Waals surface area contributed by atoms with E-state index in [1.807, 2.05) is 12.1 Å². The Kier molecular flexibility index (Phi) is 4.60. The lowest BCUT2D eigenvalue weighted by Gasteiger charge is -2.08. The second-order valence-electron chi connectivity index (χ2n) is 3.78. The zero-order chi connectivity index (χ0) is 13.7. The quantitative estimate of drug-likeness (QED) is 0.848. The zero-order valence-corrected chi connectivity index (χ0v) is 11.4. The summed E-state index contributed by atoms with van der Waals surface area (Å²) in [5.74, 6) is 0. The number of pyridine rings is 1. The number of carbonyl (C=O) groups is 1. The largest absolute Gasteiger partial charge is 0.334 e. The molecule has 2 aromatic rings. The van der Waals surface area contributed by atoms with E-state index in [1.54, 1.807) is 30.5 Å². The van der Waals surface area contributed by atoms with Gasteiger partial charge in [-0.25, -0.2) is 9.78 Å². The van der Waals surface area contributed by atoms with Crippen LogP contribution in [0.2, 0.25) is 10.2 Å². The summed E-state index contributed by atoms with van der Waals surface area (Å²) < 4.78 is 0. The molecule has 1 aromatic heterocycles. The average Bonchev–Trinajstić information content (AvgIpc) is 2.39. The molecule has 0 spiro atoms. The molecule has 98 valence electrons. The van der Waals surface area contributed by atoms with Gasteiger partial charge in [-0.2, -0.15) is 0 Å². The fourth-order valence-electron chi connectivity index (χ4n) is 1.48. The van der Waals surface area contributed by atoms with Crippen LogP contribution in [0.5, 0.6) is 0 Å². The van der Waals surface area contributed by atoms with Crippen molar-refractivity contribution >= 4 is 34.9 Å². The van der Waals surface area contributed by atoms with Crippen LogP contribution in [-0.2, 0) is 6.54 Å². The molecule has 0 atom stereocenters. The second-order valence-corrected chi connectivity index (χ2v) is 4.57. The SMILES string of the molecule is O=C(NCc1cccc(Cl)c1)Nc1cccnc1Cl. The number of nitrogens with zero attached hydrogens (tertiary/aromatic N) is 1. The first-order valence-corrected chi connectivity index (χ1v) is 6.30. The maximum atomic E-state index is 11.7. The molecule has 0 unspecified atom stereocenters. The molecule has 0 saturated heterocycles. The lowest BCUT2D eigenvalue weighted by Crippen LogP contribution is -2.28. The lowest BCUT2D eigenvalue weighted by molar-refractivity contribution is 0.251. The minimum Gasteiger partial charge on any atom is -0.334 e. The molecular formula is C13H11Cl2N3O. The number of anilines is 1. The molecule has 0 aliphatic carbocycles. The van der Waals surface area contributed by atoms with Gasteiger partial charge < -0.3 is 10.6 Å². The number of halogens is 2. The third-order valence-corrected chi connectivity index (χ3v) is 2.89. The summed E-state index contributed by atoms with van der Waals surface area (Å²) >= 11 is 11.7. The highest BCUT2D eigenvalue weighted by Gasteiger charge is 2.05. The molecule has 6 heteroatoms. The number of benzene rings is 1. The number of aromatic nitrogens is 1. The first-order valence-electron chi connectivity index (χ1n) is 5.55. The molecule has 0 aliphatic heterocycles. The van der Waals surface area contributed by atoms with Crippen LogP contribution in [0, 0.1) is 0 Å². The summed E-state index contributed by atoms with van der Waals surface area (Å²) in [7, 11) is 0. The first-order chi connectivity index (χ1) is 9.15. The van der Waals surface area contributed by atoms with Crippen LogP contribution in [-0.4, -0.2) is 11.0 Å². The Labute approximate surface area is 120 Å². The Morgan fingerprint density at radius 1 is 1.21 bits per heavy atom. The van der Waals surface area contributed by atoms with Crippen LogP contribution >= 0.6 is 23.2 Å². The number of carbonyl (C=O) groups excluding carboxylic acids is 1. The number of rotatable bonds is 3. The number of nitrogens with one attached hydrogen (secondary N) is 2. The summed E-state index contributed by atoms with van der Waals surface area (Å²) in [6, 6.07) is 10.3. The van der Waals surface area contributed by atoms with Gasteiger partial charge in [0, 0.05) is 17.8 Å². The van der Waals surface area contributed by atoms with Gasteiger partial charge in [0.2, 0.25) is 0 Å². The van der Waals surface area contributed by atoms with E-state index in [1.165, 1.54) is 0 Å². The zero-order valence-electron chi connectivity index (χ0n) is 9.86. The van der Waals surface area contributed by atoms with Gasteiger partial charge >= 0.3 is 6.03 Å². The number of hydrogen-bond donors (Lipinski definition) is 2. The maximum Gasteiger partial charge on any atom is 0.319 e.